The van der Waals surface area contributed by atoms with Crippen LogP contribution in [0.15, 0.2) is 16.5 Å². The van der Waals surface area contributed by atoms with Gasteiger partial charge in [0, 0.05) is 13.0 Å². The van der Waals surface area contributed by atoms with Crippen LogP contribution in [0.4, 0.5) is 0 Å². The molecule has 0 spiro atoms. The Balaban J connectivity index is 1.97. The molecule has 100 valence electrons. The highest BCUT2D eigenvalue weighted by Crippen LogP contribution is 2.47. The number of rotatable bonds is 4. The Morgan fingerprint density at radius 3 is 2.67 bits per heavy atom. The van der Waals surface area contributed by atoms with Gasteiger partial charge in [0.25, 0.3) is 0 Å². The fourth-order valence-corrected chi connectivity index (χ4v) is 2.19. The highest BCUT2D eigenvalue weighted by molar-refractivity contribution is 5.84. The highest BCUT2D eigenvalue weighted by Gasteiger charge is 2.36. The summed E-state index contributed by atoms with van der Waals surface area (Å²) in [5.74, 6) is 3.09. The van der Waals surface area contributed by atoms with Crippen molar-refractivity contribution in [2.75, 3.05) is 7.05 Å². The van der Waals surface area contributed by atoms with Crippen molar-refractivity contribution in [3.8, 4) is 0 Å². The molecule has 1 saturated carbocycles. The summed E-state index contributed by atoms with van der Waals surface area (Å²) in [5, 5.41) is 0. The van der Waals surface area contributed by atoms with Crippen LogP contribution in [0.25, 0.3) is 0 Å². The van der Waals surface area contributed by atoms with E-state index in [-0.39, 0.29) is 5.91 Å². The third kappa shape index (κ3) is 2.75. The monoisotopic (exact) mass is 250 g/mol. The number of likely N-dealkylation sites (N-methyl/N-ethyl adjacent to an activating group) is 1. The van der Waals surface area contributed by atoms with E-state index in [0.29, 0.717) is 12.5 Å². The highest BCUT2D eigenvalue weighted by atomic mass is 16.3. The molecular formula is C14H22N2O2. The van der Waals surface area contributed by atoms with Gasteiger partial charge in [0.1, 0.15) is 11.5 Å². The molecule has 2 rings (SSSR count). The van der Waals surface area contributed by atoms with Gasteiger partial charge in [0.05, 0.1) is 12.1 Å². The first kappa shape index (κ1) is 13.1. The van der Waals surface area contributed by atoms with E-state index in [4.69, 9.17) is 10.2 Å². The lowest BCUT2D eigenvalue weighted by Gasteiger charge is -2.25. The molecule has 4 nitrogen and oxygen atoms in total. The Kier molecular flexibility index (Phi) is 3.23. The van der Waals surface area contributed by atoms with E-state index < -0.39 is 5.54 Å². The lowest BCUT2D eigenvalue weighted by molar-refractivity contribution is -0.135. The predicted octanol–water partition coefficient (Wildman–Crippen LogP) is 2.10. The molecule has 0 bridgehead atoms. The third-order valence-electron chi connectivity index (χ3n) is 3.45. The smallest absolute Gasteiger partial charge is 0.242 e. The van der Waals surface area contributed by atoms with Gasteiger partial charge >= 0.3 is 0 Å². The lowest BCUT2D eigenvalue weighted by Crippen LogP contribution is -2.49. The van der Waals surface area contributed by atoms with Crippen LogP contribution in [-0.2, 0) is 11.3 Å². The minimum absolute atomic E-state index is 0.0831. The van der Waals surface area contributed by atoms with Crippen molar-refractivity contribution < 1.29 is 9.21 Å². The van der Waals surface area contributed by atoms with Crippen molar-refractivity contribution in [3.05, 3.63) is 23.7 Å². The molecule has 2 unspecified atom stereocenters. The molecule has 2 atom stereocenters. The number of carbonyl (C=O) groups excluding carboxylic acids is 1. The number of hydrogen-bond donors (Lipinski definition) is 1. The first-order valence-corrected chi connectivity index (χ1v) is 6.42. The van der Waals surface area contributed by atoms with E-state index in [2.05, 4.69) is 6.92 Å². The van der Waals surface area contributed by atoms with Crippen molar-refractivity contribution in [2.24, 2.45) is 11.7 Å². The first-order valence-electron chi connectivity index (χ1n) is 6.42. The van der Waals surface area contributed by atoms with E-state index in [1.807, 2.05) is 12.1 Å². The van der Waals surface area contributed by atoms with Crippen LogP contribution in [0.3, 0.4) is 0 Å². The second-order valence-electron chi connectivity index (χ2n) is 6.01. The van der Waals surface area contributed by atoms with Crippen LogP contribution in [0.2, 0.25) is 0 Å². The molecule has 1 fully saturated rings. The van der Waals surface area contributed by atoms with Crippen molar-refractivity contribution in [3.63, 3.8) is 0 Å². The van der Waals surface area contributed by atoms with E-state index in [1.165, 1.54) is 6.42 Å². The Morgan fingerprint density at radius 2 is 2.17 bits per heavy atom. The quantitative estimate of drug-likeness (QED) is 0.890. The Labute approximate surface area is 108 Å². The van der Waals surface area contributed by atoms with Gasteiger partial charge in [0.15, 0.2) is 0 Å². The standard InChI is InChI=1S/C14H22N2O2/c1-9-7-11(9)12-6-5-10(18-12)8-16(4)13(17)14(2,3)15/h5-6,9,11H,7-8,15H2,1-4H3. The average molecular weight is 250 g/mol. The maximum atomic E-state index is 11.9. The van der Waals surface area contributed by atoms with E-state index in [0.717, 1.165) is 17.4 Å². The minimum Gasteiger partial charge on any atom is -0.464 e. The largest absolute Gasteiger partial charge is 0.464 e. The van der Waals surface area contributed by atoms with Gasteiger partial charge in [-0.15, -0.1) is 0 Å². The van der Waals surface area contributed by atoms with Gasteiger partial charge in [0.2, 0.25) is 5.91 Å². The van der Waals surface area contributed by atoms with Crippen LogP contribution in [0, 0.1) is 5.92 Å². The van der Waals surface area contributed by atoms with Crippen LogP contribution >= 0.6 is 0 Å². The molecule has 1 amide bonds. The molecule has 1 heterocycles. The van der Waals surface area contributed by atoms with E-state index >= 15 is 0 Å². The van der Waals surface area contributed by atoms with Crippen LogP contribution < -0.4 is 5.73 Å². The maximum Gasteiger partial charge on any atom is 0.242 e. The Bertz CT molecular complexity index is 445. The lowest BCUT2D eigenvalue weighted by atomic mass is 10.1. The van der Waals surface area contributed by atoms with Gasteiger partial charge < -0.3 is 15.1 Å². The van der Waals surface area contributed by atoms with Crippen molar-refractivity contribution in [1.82, 2.24) is 4.90 Å². The minimum atomic E-state index is -0.838. The first-order chi connectivity index (χ1) is 8.29. The molecule has 1 aromatic rings. The number of nitrogens with two attached hydrogens (primary N) is 1. The molecule has 0 saturated heterocycles. The van der Waals surface area contributed by atoms with Gasteiger partial charge in [-0.25, -0.2) is 0 Å². The number of furan rings is 1. The zero-order chi connectivity index (χ0) is 13.5. The van der Waals surface area contributed by atoms with Gasteiger partial charge in [-0.05, 0) is 38.3 Å². The summed E-state index contributed by atoms with van der Waals surface area (Å²) in [6, 6.07) is 3.98. The maximum absolute atomic E-state index is 11.9. The Hall–Kier alpha value is -1.29. The molecular weight excluding hydrogens is 228 g/mol. The third-order valence-corrected chi connectivity index (χ3v) is 3.45. The zero-order valence-corrected chi connectivity index (χ0v) is 11.6. The molecule has 2 N–H and O–H groups in total. The molecule has 1 aromatic heterocycles. The van der Waals surface area contributed by atoms with Crippen LogP contribution in [-0.4, -0.2) is 23.4 Å². The van der Waals surface area contributed by atoms with Gasteiger partial charge in [-0.2, -0.15) is 0 Å². The van der Waals surface area contributed by atoms with Crippen molar-refractivity contribution >= 4 is 5.91 Å². The average Bonchev–Trinajstić information content (AvgIpc) is 2.81. The molecule has 1 aliphatic carbocycles. The molecule has 4 heteroatoms. The summed E-state index contributed by atoms with van der Waals surface area (Å²) in [7, 11) is 1.75. The number of amides is 1. The zero-order valence-electron chi connectivity index (χ0n) is 11.6. The normalized spacial score (nSPS) is 22.9. The molecule has 0 radical (unpaired) electrons. The van der Waals surface area contributed by atoms with Crippen LogP contribution in [0.1, 0.15) is 44.6 Å². The number of carbonyl (C=O) groups is 1. The fourth-order valence-electron chi connectivity index (χ4n) is 2.19. The van der Waals surface area contributed by atoms with Gasteiger partial charge in [-0.3, -0.25) is 4.79 Å². The van der Waals surface area contributed by atoms with Gasteiger partial charge in [-0.1, -0.05) is 6.92 Å². The second kappa shape index (κ2) is 4.43. The molecule has 0 aliphatic heterocycles. The Morgan fingerprint density at radius 1 is 1.56 bits per heavy atom. The molecule has 0 aromatic carbocycles. The summed E-state index contributed by atoms with van der Waals surface area (Å²) in [5.41, 5.74) is 4.96. The summed E-state index contributed by atoms with van der Waals surface area (Å²) in [6.45, 7) is 6.12. The van der Waals surface area contributed by atoms with E-state index in [1.54, 1.807) is 25.8 Å². The summed E-state index contributed by atoms with van der Waals surface area (Å²) >= 11 is 0. The molecule has 1 aliphatic rings. The second-order valence-corrected chi connectivity index (χ2v) is 6.01. The fraction of sp³-hybridized carbons (Fsp3) is 0.643. The summed E-state index contributed by atoms with van der Waals surface area (Å²) in [6.07, 6.45) is 1.21. The van der Waals surface area contributed by atoms with Crippen LogP contribution in [0.5, 0.6) is 0 Å². The summed E-state index contributed by atoms with van der Waals surface area (Å²) in [4.78, 5) is 13.5. The van der Waals surface area contributed by atoms with Crippen molar-refractivity contribution in [1.29, 1.82) is 0 Å². The number of hydrogen-bond acceptors (Lipinski definition) is 3. The van der Waals surface area contributed by atoms with E-state index in [9.17, 15) is 4.79 Å². The number of nitrogens with zero attached hydrogens (tertiary/aromatic N) is 1. The molecule has 18 heavy (non-hydrogen) atoms. The van der Waals surface area contributed by atoms with Crippen molar-refractivity contribution in [2.45, 2.75) is 45.2 Å². The topological polar surface area (TPSA) is 59.5 Å². The predicted molar refractivity (Wildman–Crippen MR) is 70.0 cm³/mol. The summed E-state index contributed by atoms with van der Waals surface area (Å²) < 4.78 is 5.78. The SMILES string of the molecule is CC1CC1c1ccc(CN(C)C(=O)C(C)(C)N)o1.